The molecular weight excluding hydrogens is 228 g/mol. The summed E-state index contributed by atoms with van der Waals surface area (Å²) in [5, 5.41) is 3.17. The molecule has 5 heteroatoms. The summed E-state index contributed by atoms with van der Waals surface area (Å²) in [6, 6.07) is 1.83. The highest BCUT2D eigenvalue weighted by Gasteiger charge is 2.18. The molecule has 1 N–H and O–H groups in total. The molecule has 0 unspecified atom stereocenters. The number of rotatable bonds is 5. The first-order chi connectivity index (χ1) is 8.78. The summed E-state index contributed by atoms with van der Waals surface area (Å²) in [6.07, 6.45) is 5.23. The Bertz CT molecular complexity index is 364. The number of ether oxygens (including phenoxy) is 1. The van der Waals surface area contributed by atoms with Crippen LogP contribution in [0.4, 0.5) is 5.95 Å². The van der Waals surface area contributed by atoms with E-state index in [-0.39, 0.29) is 6.10 Å². The second-order valence-corrected chi connectivity index (χ2v) is 4.77. The van der Waals surface area contributed by atoms with E-state index in [9.17, 15) is 0 Å². The maximum Gasteiger partial charge on any atom is 0.225 e. The minimum atomic E-state index is 0.287. The molecule has 2 rings (SSSR count). The van der Waals surface area contributed by atoms with Crippen molar-refractivity contribution in [3.05, 3.63) is 12.3 Å². The third kappa shape index (κ3) is 3.84. The van der Waals surface area contributed by atoms with Crippen LogP contribution >= 0.6 is 0 Å². The van der Waals surface area contributed by atoms with E-state index in [0.29, 0.717) is 11.8 Å². The summed E-state index contributed by atoms with van der Waals surface area (Å²) in [7, 11) is 2.15. The number of nitrogens with one attached hydrogen (secondary N) is 1. The van der Waals surface area contributed by atoms with Gasteiger partial charge in [-0.15, -0.1) is 0 Å². The lowest BCUT2D eigenvalue weighted by Gasteiger charge is -2.28. The molecule has 2 heterocycles. The minimum absolute atomic E-state index is 0.287. The average molecular weight is 250 g/mol. The number of likely N-dealkylation sites (tertiary alicyclic amines) is 1. The Kier molecular flexibility index (Phi) is 4.75. The van der Waals surface area contributed by atoms with Crippen LogP contribution in [0.5, 0.6) is 5.88 Å². The van der Waals surface area contributed by atoms with Crippen molar-refractivity contribution in [1.82, 2.24) is 14.9 Å². The minimum Gasteiger partial charge on any atom is -0.474 e. The molecule has 1 aliphatic rings. The van der Waals surface area contributed by atoms with Gasteiger partial charge in [-0.05, 0) is 26.3 Å². The van der Waals surface area contributed by atoms with Crippen LogP contribution < -0.4 is 10.1 Å². The maximum atomic E-state index is 5.91. The Morgan fingerprint density at radius 2 is 2.22 bits per heavy atom. The van der Waals surface area contributed by atoms with Gasteiger partial charge >= 0.3 is 0 Å². The van der Waals surface area contributed by atoms with Crippen molar-refractivity contribution in [2.45, 2.75) is 32.3 Å². The summed E-state index contributed by atoms with van der Waals surface area (Å²) in [5.74, 6) is 1.33. The van der Waals surface area contributed by atoms with Crippen LogP contribution in [0.2, 0.25) is 0 Å². The van der Waals surface area contributed by atoms with Gasteiger partial charge in [-0.1, -0.05) is 6.92 Å². The second-order valence-electron chi connectivity index (χ2n) is 4.77. The van der Waals surface area contributed by atoms with E-state index in [1.165, 1.54) is 0 Å². The molecule has 0 amide bonds. The first-order valence-corrected chi connectivity index (χ1v) is 6.70. The predicted octanol–water partition coefficient (Wildman–Crippen LogP) is 1.77. The van der Waals surface area contributed by atoms with Crippen LogP contribution in [0.25, 0.3) is 0 Å². The Labute approximate surface area is 109 Å². The highest BCUT2D eigenvalue weighted by molar-refractivity contribution is 5.27. The summed E-state index contributed by atoms with van der Waals surface area (Å²) in [4.78, 5) is 10.9. The lowest BCUT2D eigenvalue weighted by molar-refractivity contribution is 0.110. The Balaban J connectivity index is 1.88. The lowest BCUT2D eigenvalue weighted by atomic mass is 10.1. The van der Waals surface area contributed by atoms with Gasteiger partial charge in [-0.25, -0.2) is 4.98 Å². The van der Waals surface area contributed by atoms with Crippen molar-refractivity contribution in [3.8, 4) is 5.88 Å². The Morgan fingerprint density at radius 3 is 2.94 bits per heavy atom. The number of aromatic nitrogens is 2. The van der Waals surface area contributed by atoms with Crippen LogP contribution in [0.3, 0.4) is 0 Å². The standard InChI is InChI=1S/C13H22N4O/c1-3-7-14-13-15-8-4-12(16-13)18-11-5-9-17(2)10-6-11/h4,8,11H,3,5-7,9-10H2,1-2H3,(H,14,15,16). The fourth-order valence-electron chi connectivity index (χ4n) is 2.00. The van der Waals surface area contributed by atoms with Crippen LogP contribution in [0.1, 0.15) is 26.2 Å². The summed E-state index contributed by atoms with van der Waals surface area (Å²) in [5.41, 5.74) is 0. The third-order valence-electron chi connectivity index (χ3n) is 3.12. The van der Waals surface area contributed by atoms with Gasteiger partial charge in [0.05, 0.1) is 0 Å². The van der Waals surface area contributed by atoms with Gasteiger partial charge in [0.1, 0.15) is 6.10 Å². The zero-order valence-electron chi connectivity index (χ0n) is 11.2. The first kappa shape index (κ1) is 13.1. The molecule has 100 valence electrons. The molecule has 0 bridgehead atoms. The fourth-order valence-corrected chi connectivity index (χ4v) is 2.00. The zero-order chi connectivity index (χ0) is 12.8. The SMILES string of the molecule is CCCNc1nccc(OC2CCN(C)CC2)n1. The monoisotopic (exact) mass is 250 g/mol. The van der Waals surface area contributed by atoms with E-state index in [1.54, 1.807) is 6.20 Å². The molecule has 5 nitrogen and oxygen atoms in total. The van der Waals surface area contributed by atoms with E-state index >= 15 is 0 Å². The molecular formula is C13H22N4O. The number of hydrogen-bond donors (Lipinski definition) is 1. The average Bonchev–Trinajstić information content (AvgIpc) is 2.40. The normalized spacial score (nSPS) is 17.7. The van der Waals surface area contributed by atoms with Gasteiger partial charge in [-0.3, -0.25) is 0 Å². The summed E-state index contributed by atoms with van der Waals surface area (Å²) >= 11 is 0. The molecule has 0 atom stereocenters. The van der Waals surface area contributed by atoms with Crippen molar-refractivity contribution in [2.24, 2.45) is 0 Å². The molecule has 0 spiro atoms. The van der Waals surface area contributed by atoms with Crippen LogP contribution in [-0.4, -0.2) is 47.7 Å². The molecule has 18 heavy (non-hydrogen) atoms. The van der Waals surface area contributed by atoms with Gasteiger partial charge in [0.2, 0.25) is 11.8 Å². The van der Waals surface area contributed by atoms with Gasteiger partial charge in [0.25, 0.3) is 0 Å². The summed E-state index contributed by atoms with van der Waals surface area (Å²) < 4.78 is 5.91. The molecule has 0 aliphatic carbocycles. The topological polar surface area (TPSA) is 50.3 Å². The van der Waals surface area contributed by atoms with E-state index in [1.807, 2.05) is 6.07 Å². The number of piperidine rings is 1. The van der Waals surface area contributed by atoms with Gasteiger partial charge in [0.15, 0.2) is 0 Å². The maximum absolute atomic E-state index is 5.91. The van der Waals surface area contributed by atoms with Crippen molar-refractivity contribution in [1.29, 1.82) is 0 Å². The molecule has 1 aliphatic heterocycles. The van der Waals surface area contributed by atoms with Crippen LogP contribution in [0.15, 0.2) is 12.3 Å². The quantitative estimate of drug-likeness (QED) is 0.863. The number of hydrogen-bond acceptors (Lipinski definition) is 5. The second kappa shape index (κ2) is 6.54. The molecule has 1 saturated heterocycles. The van der Waals surface area contributed by atoms with Crippen molar-refractivity contribution < 1.29 is 4.74 Å². The Morgan fingerprint density at radius 1 is 1.44 bits per heavy atom. The van der Waals surface area contributed by atoms with Gasteiger partial charge < -0.3 is 15.0 Å². The number of nitrogens with zero attached hydrogens (tertiary/aromatic N) is 3. The smallest absolute Gasteiger partial charge is 0.225 e. The van der Waals surface area contributed by atoms with Crippen LogP contribution in [0, 0.1) is 0 Å². The molecule has 1 aromatic rings. The molecule has 1 fully saturated rings. The molecule has 0 radical (unpaired) electrons. The lowest BCUT2D eigenvalue weighted by Crippen LogP contribution is -2.35. The van der Waals surface area contributed by atoms with E-state index in [2.05, 4.69) is 34.2 Å². The van der Waals surface area contributed by atoms with Crippen LogP contribution in [-0.2, 0) is 0 Å². The first-order valence-electron chi connectivity index (χ1n) is 6.70. The largest absolute Gasteiger partial charge is 0.474 e. The van der Waals surface area contributed by atoms with Crippen molar-refractivity contribution in [3.63, 3.8) is 0 Å². The molecule has 0 saturated carbocycles. The van der Waals surface area contributed by atoms with E-state index in [4.69, 9.17) is 4.74 Å². The molecule has 1 aromatic heterocycles. The third-order valence-corrected chi connectivity index (χ3v) is 3.12. The van der Waals surface area contributed by atoms with Crippen molar-refractivity contribution >= 4 is 5.95 Å². The number of anilines is 1. The van der Waals surface area contributed by atoms with Crippen molar-refractivity contribution in [2.75, 3.05) is 32.0 Å². The highest BCUT2D eigenvalue weighted by atomic mass is 16.5. The van der Waals surface area contributed by atoms with Gasteiger partial charge in [0, 0.05) is 31.9 Å². The Hall–Kier alpha value is -1.36. The molecule has 0 aromatic carbocycles. The van der Waals surface area contributed by atoms with E-state index < -0.39 is 0 Å². The zero-order valence-corrected chi connectivity index (χ0v) is 11.2. The predicted molar refractivity (Wildman–Crippen MR) is 72.0 cm³/mol. The van der Waals surface area contributed by atoms with Gasteiger partial charge in [-0.2, -0.15) is 4.98 Å². The highest BCUT2D eigenvalue weighted by Crippen LogP contribution is 2.17. The summed E-state index contributed by atoms with van der Waals surface area (Å²) in [6.45, 7) is 5.19. The van der Waals surface area contributed by atoms with E-state index in [0.717, 1.165) is 38.9 Å². The fraction of sp³-hybridized carbons (Fsp3) is 0.692.